The summed E-state index contributed by atoms with van der Waals surface area (Å²) in [6, 6.07) is -1.41. The third kappa shape index (κ3) is 5.82. The van der Waals surface area contributed by atoms with Gasteiger partial charge in [0.05, 0.1) is 43.4 Å². The van der Waals surface area contributed by atoms with Crippen molar-refractivity contribution >= 4 is 92.4 Å². The van der Waals surface area contributed by atoms with E-state index in [0.717, 1.165) is 23.3 Å². The first-order valence-electron chi connectivity index (χ1n) is 12.8. The van der Waals surface area contributed by atoms with E-state index in [0.29, 0.717) is 27.8 Å². The van der Waals surface area contributed by atoms with Gasteiger partial charge < -0.3 is 14.8 Å². The minimum absolute atomic E-state index is 0.175. The normalized spacial score (nSPS) is 16.9. The largest absolute Gasteiger partial charge is 0.462 e. The lowest BCUT2D eigenvalue weighted by atomic mass is 9.88. The number of hydrogen-bond donors (Lipinski definition) is 1. The predicted octanol–water partition coefficient (Wildman–Crippen LogP) is 6.47. The molecular formula is C27H26Cl4N2O7S. The number of rotatable bonds is 8. The molecule has 2 atom stereocenters. The van der Waals surface area contributed by atoms with Crippen LogP contribution in [0.2, 0.25) is 20.1 Å². The van der Waals surface area contributed by atoms with E-state index in [1.54, 1.807) is 20.8 Å². The third-order valence-electron chi connectivity index (χ3n) is 6.87. The maximum atomic E-state index is 13.3. The van der Waals surface area contributed by atoms with Crippen molar-refractivity contribution in [3.05, 3.63) is 47.2 Å². The van der Waals surface area contributed by atoms with Crippen LogP contribution in [-0.2, 0) is 31.9 Å². The van der Waals surface area contributed by atoms with Gasteiger partial charge in [-0.1, -0.05) is 67.2 Å². The molecule has 3 amide bonds. The van der Waals surface area contributed by atoms with Crippen LogP contribution in [0.4, 0.5) is 5.00 Å². The summed E-state index contributed by atoms with van der Waals surface area (Å²) < 4.78 is 10.5. The summed E-state index contributed by atoms with van der Waals surface area (Å²) in [5, 5.41) is 2.05. The fraction of sp³-hybridized carbons (Fsp3) is 0.444. The van der Waals surface area contributed by atoms with E-state index in [1.165, 1.54) is 11.3 Å². The van der Waals surface area contributed by atoms with Crippen molar-refractivity contribution in [2.75, 3.05) is 18.5 Å². The summed E-state index contributed by atoms with van der Waals surface area (Å²) >= 11 is 25.9. The molecule has 0 fully saturated rings. The van der Waals surface area contributed by atoms with Gasteiger partial charge in [0.1, 0.15) is 11.0 Å². The Kier molecular flexibility index (Phi) is 9.60. The standard InChI is InChI=1S/C27H26Cl4N2O7S/c1-5-39-26(37)15-12-7-6-11(4)8-13(12)41-23(15)32-14(34)9-40-27(38)22(10(2)3)33-24(35)16-17(25(33)36)19(29)21(31)20(30)18(16)28/h10-11,22H,5-9H2,1-4H3,(H,32,34)/t11-,22-/m1/s1. The zero-order chi connectivity index (χ0) is 30.3. The number of hydrogen-bond acceptors (Lipinski definition) is 8. The van der Waals surface area contributed by atoms with E-state index >= 15 is 0 Å². The second-order valence-corrected chi connectivity index (χ2v) is 12.7. The van der Waals surface area contributed by atoms with Gasteiger partial charge in [0.15, 0.2) is 6.61 Å². The highest BCUT2D eigenvalue weighted by molar-refractivity contribution is 7.17. The SMILES string of the molecule is CCOC(=O)c1c(NC(=O)COC(=O)[C@@H](C(C)C)N2C(=O)c3c(Cl)c(Cl)c(Cl)c(Cl)c3C2=O)sc2c1CC[C@@H](C)C2. The minimum Gasteiger partial charge on any atom is -0.462 e. The molecule has 14 heteroatoms. The first-order chi connectivity index (χ1) is 19.3. The molecule has 41 heavy (non-hydrogen) atoms. The maximum Gasteiger partial charge on any atom is 0.341 e. The number of nitrogens with zero attached hydrogens (tertiary/aromatic N) is 1. The molecule has 0 unspecified atom stereocenters. The maximum absolute atomic E-state index is 13.3. The Balaban J connectivity index is 1.52. The molecule has 1 N–H and O–H groups in total. The zero-order valence-corrected chi connectivity index (χ0v) is 26.3. The number of halogens is 4. The highest BCUT2D eigenvalue weighted by Crippen LogP contribution is 2.46. The van der Waals surface area contributed by atoms with Crippen molar-refractivity contribution in [3.63, 3.8) is 0 Å². The number of carbonyl (C=O) groups excluding carboxylic acids is 5. The van der Waals surface area contributed by atoms with E-state index in [9.17, 15) is 24.0 Å². The summed E-state index contributed by atoms with van der Waals surface area (Å²) in [6.45, 7) is 6.46. The summed E-state index contributed by atoms with van der Waals surface area (Å²) in [7, 11) is 0. The Morgan fingerprint density at radius 2 is 1.59 bits per heavy atom. The quantitative estimate of drug-likeness (QED) is 0.149. The number of imide groups is 1. The van der Waals surface area contributed by atoms with Gasteiger partial charge in [-0.2, -0.15) is 0 Å². The van der Waals surface area contributed by atoms with E-state index in [4.69, 9.17) is 55.9 Å². The number of amides is 3. The van der Waals surface area contributed by atoms with Gasteiger partial charge in [0.25, 0.3) is 17.7 Å². The lowest BCUT2D eigenvalue weighted by molar-refractivity contribution is -0.152. The summed E-state index contributed by atoms with van der Waals surface area (Å²) in [4.78, 5) is 67.0. The van der Waals surface area contributed by atoms with E-state index < -0.39 is 48.2 Å². The van der Waals surface area contributed by atoms with Crippen molar-refractivity contribution in [2.24, 2.45) is 11.8 Å². The average Bonchev–Trinajstić information content (AvgIpc) is 3.38. The molecule has 0 spiro atoms. The third-order valence-corrected chi connectivity index (χ3v) is 9.85. The zero-order valence-electron chi connectivity index (χ0n) is 22.5. The van der Waals surface area contributed by atoms with Crippen LogP contribution in [0.3, 0.4) is 0 Å². The Hall–Kier alpha value is -2.37. The molecule has 0 radical (unpaired) electrons. The molecule has 9 nitrogen and oxygen atoms in total. The molecular weight excluding hydrogens is 638 g/mol. The highest BCUT2D eigenvalue weighted by atomic mass is 35.5. The van der Waals surface area contributed by atoms with Gasteiger partial charge in [-0.15, -0.1) is 11.3 Å². The topological polar surface area (TPSA) is 119 Å². The Bertz CT molecular complexity index is 1430. The molecule has 0 saturated carbocycles. The summed E-state index contributed by atoms with van der Waals surface area (Å²) in [5.41, 5.74) is 0.641. The smallest absolute Gasteiger partial charge is 0.341 e. The van der Waals surface area contributed by atoms with Crippen LogP contribution in [0.15, 0.2) is 0 Å². The van der Waals surface area contributed by atoms with Crippen LogP contribution in [0, 0.1) is 11.8 Å². The van der Waals surface area contributed by atoms with Crippen molar-refractivity contribution in [2.45, 2.75) is 53.0 Å². The van der Waals surface area contributed by atoms with Crippen LogP contribution < -0.4 is 5.32 Å². The molecule has 2 aromatic rings. The lowest BCUT2D eigenvalue weighted by Crippen LogP contribution is -2.49. The summed E-state index contributed by atoms with van der Waals surface area (Å²) in [5.74, 6) is -4.20. The second kappa shape index (κ2) is 12.5. The Morgan fingerprint density at radius 3 is 2.12 bits per heavy atom. The van der Waals surface area contributed by atoms with Crippen molar-refractivity contribution in [1.29, 1.82) is 0 Å². The van der Waals surface area contributed by atoms with Crippen LogP contribution in [0.1, 0.15) is 75.6 Å². The molecule has 220 valence electrons. The van der Waals surface area contributed by atoms with Crippen molar-refractivity contribution in [3.8, 4) is 0 Å². The molecule has 0 saturated heterocycles. The van der Waals surface area contributed by atoms with Crippen LogP contribution in [-0.4, -0.2) is 53.8 Å². The molecule has 0 bridgehead atoms. The number of ether oxygens (including phenoxy) is 2. The molecule has 1 aromatic carbocycles. The average molecular weight is 664 g/mol. The fourth-order valence-electron chi connectivity index (χ4n) is 4.94. The van der Waals surface area contributed by atoms with E-state index in [-0.39, 0.29) is 37.8 Å². The number of benzene rings is 1. The van der Waals surface area contributed by atoms with E-state index in [2.05, 4.69) is 12.2 Å². The molecule has 1 aliphatic carbocycles. The molecule has 1 aromatic heterocycles. The fourth-order valence-corrected chi connectivity index (χ4v) is 7.37. The minimum atomic E-state index is -1.41. The molecule has 1 aliphatic heterocycles. The Morgan fingerprint density at radius 1 is 1.00 bits per heavy atom. The number of thiophene rings is 1. The highest BCUT2D eigenvalue weighted by Gasteiger charge is 2.48. The first kappa shape index (κ1) is 31.6. The molecule has 2 heterocycles. The van der Waals surface area contributed by atoms with Crippen molar-refractivity contribution < 1.29 is 33.4 Å². The van der Waals surface area contributed by atoms with Gasteiger partial charge in [-0.25, -0.2) is 9.59 Å². The molecule has 2 aliphatic rings. The summed E-state index contributed by atoms with van der Waals surface area (Å²) in [6.07, 6.45) is 2.37. The number of anilines is 1. The lowest BCUT2D eigenvalue weighted by Gasteiger charge is -2.27. The van der Waals surface area contributed by atoms with Crippen LogP contribution >= 0.6 is 57.7 Å². The predicted molar refractivity (Wildman–Crippen MR) is 157 cm³/mol. The van der Waals surface area contributed by atoms with Gasteiger partial charge in [0, 0.05) is 4.88 Å². The monoisotopic (exact) mass is 662 g/mol. The van der Waals surface area contributed by atoms with Gasteiger partial charge >= 0.3 is 11.9 Å². The van der Waals surface area contributed by atoms with Gasteiger partial charge in [-0.3, -0.25) is 19.3 Å². The van der Waals surface area contributed by atoms with Crippen LogP contribution in [0.5, 0.6) is 0 Å². The number of nitrogens with one attached hydrogen (secondary N) is 1. The number of fused-ring (bicyclic) bond motifs is 2. The van der Waals surface area contributed by atoms with Gasteiger partial charge in [0.2, 0.25) is 0 Å². The van der Waals surface area contributed by atoms with Crippen molar-refractivity contribution in [1.82, 2.24) is 4.90 Å². The molecule has 4 rings (SSSR count). The van der Waals surface area contributed by atoms with E-state index in [1.807, 2.05) is 0 Å². The van der Waals surface area contributed by atoms with Gasteiger partial charge in [-0.05, 0) is 43.6 Å². The van der Waals surface area contributed by atoms with Crippen LogP contribution in [0.25, 0.3) is 0 Å². The number of carbonyl (C=O) groups is 5. The Labute approximate surface area is 260 Å². The first-order valence-corrected chi connectivity index (χ1v) is 15.1. The number of esters is 2. The second-order valence-electron chi connectivity index (χ2n) is 10.1.